The Morgan fingerprint density at radius 1 is 0.852 bits per heavy atom. The van der Waals surface area contributed by atoms with Gasteiger partial charge in [0.05, 0.1) is 5.69 Å². The average molecular weight is 444 g/mol. The van der Waals surface area contributed by atoms with Crippen molar-refractivity contribution < 1.29 is 4.74 Å². The number of hydrogen-bond donors (Lipinski definition) is 1. The van der Waals surface area contributed by atoms with Gasteiger partial charge in [0.15, 0.2) is 0 Å². The molecule has 0 aliphatic carbocycles. The first-order valence-corrected chi connectivity index (χ1v) is 9.21. The highest BCUT2D eigenvalue weighted by Gasteiger charge is 2.08. The highest BCUT2D eigenvalue weighted by Crippen LogP contribution is 2.26. The molecule has 1 N–H and O–H groups in total. The lowest BCUT2D eigenvalue weighted by atomic mass is 10.2. The summed E-state index contributed by atoms with van der Waals surface area (Å²) in [5.41, 5.74) is 2.82. The summed E-state index contributed by atoms with van der Waals surface area (Å²) in [4.78, 5) is 4.30. The molecule has 142 valence electrons. The van der Waals surface area contributed by atoms with Gasteiger partial charge in [-0.3, -0.25) is 4.98 Å². The fourth-order valence-corrected chi connectivity index (χ4v) is 3.11. The van der Waals surface area contributed by atoms with Crippen LogP contribution in [0.1, 0.15) is 16.8 Å². The fourth-order valence-electron chi connectivity index (χ4n) is 2.45. The van der Waals surface area contributed by atoms with E-state index in [0.717, 1.165) is 22.6 Å². The molecular formula is C20H18Cl4N2O. The molecule has 7 heteroatoms. The summed E-state index contributed by atoms with van der Waals surface area (Å²) in [6, 6.07) is 16.8. The summed E-state index contributed by atoms with van der Waals surface area (Å²) >= 11 is 18.3. The standard InChI is InChI=1S/C20H17Cl3N2O.ClH/c21-16-6-7-20(26-13-14-4-5-17(22)10-19(14)23)15(9-16)11-24-12-18-3-1-2-8-25-18;/h1-10,24H,11-13H2;1H. The molecule has 3 nitrogen and oxygen atoms in total. The van der Waals surface area contributed by atoms with E-state index in [1.54, 1.807) is 18.3 Å². The number of rotatable bonds is 7. The predicted molar refractivity (Wildman–Crippen MR) is 114 cm³/mol. The number of ether oxygens (including phenoxy) is 1. The molecule has 0 amide bonds. The Morgan fingerprint density at radius 3 is 2.37 bits per heavy atom. The molecule has 0 radical (unpaired) electrons. The zero-order valence-electron chi connectivity index (χ0n) is 14.3. The van der Waals surface area contributed by atoms with E-state index < -0.39 is 0 Å². The maximum absolute atomic E-state index is 6.21. The molecule has 0 unspecified atom stereocenters. The Morgan fingerprint density at radius 2 is 1.63 bits per heavy atom. The first-order valence-electron chi connectivity index (χ1n) is 8.07. The van der Waals surface area contributed by atoms with Gasteiger partial charge in [0, 0.05) is 45.5 Å². The van der Waals surface area contributed by atoms with Crippen molar-refractivity contribution in [1.29, 1.82) is 0 Å². The van der Waals surface area contributed by atoms with Gasteiger partial charge in [-0.1, -0.05) is 46.9 Å². The van der Waals surface area contributed by atoms with Crippen molar-refractivity contribution in [3.05, 3.63) is 92.7 Å². The highest BCUT2D eigenvalue weighted by atomic mass is 35.5. The third-order valence-electron chi connectivity index (χ3n) is 3.77. The highest BCUT2D eigenvalue weighted by molar-refractivity contribution is 6.35. The normalized spacial score (nSPS) is 10.3. The van der Waals surface area contributed by atoms with E-state index in [0.29, 0.717) is 34.8 Å². The van der Waals surface area contributed by atoms with Crippen LogP contribution in [0.25, 0.3) is 0 Å². The SMILES string of the molecule is Cl.Clc1ccc(COc2ccc(Cl)cc2CNCc2ccccn2)c(Cl)c1. The third-order valence-corrected chi connectivity index (χ3v) is 4.59. The Bertz CT molecular complexity index is 875. The lowest BCUT2D eigenvalue weighted by molar-refractivity contribution is 0.302. The van der Waals surface area contributed by atoms with Crippen molar-refractivity contribution in [2.75, 3.05) is 0 Å². The minimum absolute atomic E-state index is 0. The number of nitrogens with one attached hydrogen (secondary N) is 1. The van der Waals surface area contributed by atoms with E-state index in [4.69, 9.17) is 39.5 Å². The van der Waals surface area contributed by atoms with Crippen molar-refractivity contribution in [3.8, 4) is 5.75 Å². The average Bonchev–Trinajstić information content (AvgIpc) is 2.63. The van der Waals surface area contributed by atoms with Crippen LogP contribution in [0.4, 0.5) is 0 Å². The minimum atomic E-state index is 0. The van der Waals surface area contributed by atoms with Gasteiger partial charge in [-0.15, -0.1) is 12.4 Å². The maximum atomic E-state index is 6.21. The molecule has 0 saturated heterocycles. The van der Waals surface area contributed by atoms with Gasteiger partial charge >= 0.3 is 0 Å². The van der Waals surface area contributed by atoms with E-state index in [9.17, 15) is 0 Å². The lowest BCUT2D eigenvalue weighted by Crippen LogP contribution is -2.14. The van der Waals surface area contributed by atoms with Gasteiger partial charge in [-0.2, -0.15) is 0 Å². The quantitative estimate of drug-likeness (QED) is 0.463. The van der Waals surface area contributed by atoms with Gasteiger partial charge in [0.2, 0.25) is 0 Å². The number of halogens is 4. The Labute approximate surface area is 180 Å². The molecule has 0 spiro atoms. The van der Waals surface area contributed by atoms with Crippen LogP contribution in [-0.2, 0) is 19.7 Å². The van der Waals surface area contributed by atoms with Crippen LogP contribution in [-0.4, -0.2) is 4.98 Å². The largest absolute Gasteiger partial charge is 0.489 e. The van der Waals surface area contributed by atoms with E-state index >= 15 is 0 Å². The summed E-state index contributed by atoms with van der Waals surface area (Å²) in [5.74, 6) is 0.758. The summed E-state index contributed by atoms with van der Waals surface area (Å²) in [6.45, 7) is 1.63. The molecular weight excluding hydrogens is 426 g/mol. The van der Waals surface area contributed by atoms with Gasteiger partial charge < -0.3 is 10.1 Å². The lowest BCUT2D eigenvalue weighted by Gasteiger charge is -2.13. The molecule has 0 aliphatic rings. The van der Waals surface area contributed by atoms with Crippen LogP contribution in [0.15, 0.2) is 60.8 Å². The van der Waals surface area contributed by atoms with Gasteiger partial charge in [0.1, 0.15) is 12.4 Å². The second kappa shape index (κ2) is 10.7. The second-order valence-corrected chi connectivity index (χ2v) is 6.98. The summed E-state index contributed by atoms with van der Waals surface area (Å²) in [7, 11) is 0. The number of pyridine rings is 1. The molecule has 2 aromatic carbocycles. The zero-order valence-corrected chi connectivity index (χ0v) is 17.4. The second-order valence-electron chi connectivity index (χ2n) is 5.70. The first-order chi connectivity index (χ1) is 12.6. The van der Waals surface area contributed by atoms with Crippen molar-refractivity contribution in [3.63, 3.8) is 0 Å². The Kier molecular flexibility index (Phi) is 8.68. The van der Waals surface area contributed by atoms with Crippen LogP contribution < -0.4 is 10.1 Å². The summed E-state index contributed by atoms with van der Waals surface area (Å²) in [6.07, 6.45) is 1.78. The maximum Gasteiger partial charge on any atom is 0.124 e. The number of nitrogens with zero attached hydrogens (tertiary/aromatic N) is 1. The minimum Gasteiger partial charge on any atom is -0.489 e. The number of aromatic nitrogens is 1. The molecule has 1 aromatic heterocycles. The molecule has 0 aliphatic heterocycles. The van der Waals surface area contributed by atoms with Crippen LogP contribution in [0.3, 0.4) is 0 Å². The van der Waals surface area contributed by atoms with Gasteiger partial charge in [-0.25, -0.2) is 0 Å². The van der Waals surface area contributed by atoms with Crippen molar-refractivity contribution in [2.24, 2.45) is 0 Å². The first kappa shape index (κ1) is 21.8. The molecule has 0 atom stereocenters. The van der Waals surface area contributed by atoms with Crippen LogP contribution in [0.5, 0.6) is 5.75 Å². The smallest absolute Gasteiger partial charge is 0.124 e. The van der Waals surface area contributed by atoms with E-state index in [1.165, 1.54) is 0 Å². The molecule has 3 aromatic rings. The van der Waals surface area contributed by atoms with E-state index in [-0.39, 0.29) is 12.4 Å². The molecule has 0 bridgehead atoms. The summed E-state index contributed by atoms with van der Waals surface area (Å²) < 4.78 is 5.96. The van der Waals surface area contributed by atoms with Crippen LogP contribution in [0.2, 0.25) is 15.1 Å². The predicted octanol–water partition coefficient (Wildman–Crippen LogP) is 6.33. The topological polar surface area (TPSA) is 34.1 Å². The Balaban J connectivity index is 0.00000261. The van der Waals surface area contributed by atoms with E-state index in [2.05, 4.69) is 10.3 Å². The molecule has 0 saturated carbocycles. The van der Waals surface area contributed by atoms with Gasteiger partial charge in [-0.05, 0) is 42.5 Å². The molecule has 1 heterocycles. The van der Waals surface area contributed by atoms with Crippen molar-refractivity contribution in [1.82, 2.24) is 10.3 Å². The Hall–Kier alpha value is -1.49. The third kappa shape index (κ3) is 6.56. The van der Waals surface area contributed by atoms with Crippen molar-refractivity contribution in [2.45, 2.75) is 19.7 Å². The molecule has 27 heavy (non-hydrogen) atoms. The summed E-state index contributed by atoms with van der Waals surface area (Å²) in [5, 5.41) is 5.21. The zero-order chi connectivity index (χ0) is 18.4. The monoisotopic (exact) mass is 442 g/mol. The van der Waals surface area contributed by atoms with Crippen LogP contribution in [0, 0.1) is 0 Å². The van der Waals surface area contributed by atoms with Crippen LogP contribution >= 0.6 is 47.2 Å². The van der Waals surface area contributed by atoms with Gasteiger partial charge in [0.25, 0.3) is 0 Å². The van der Waals surface area contributed by atoms with Crippen molar-refractivity contribution >= 4 is 47.2 Å². The van der Waals surface area contributed by atoms with E-state index in [1.807, 2.05) is 42.5 Å². The fraction of sp³-hybridized carbons (Fsp3) is 0.150. The number of hydrogen-bond acceptors (Lipinski definition) is 3. The molecule has 3 rings (SSSR count). The number of benzene rings is 2. The molecule has 0 fully saturated rings.